The maximum atomic E-state index is 12.4. The molecule has 0 radical (unpaired) electrons. The van der Waals surface area contributed by atoms with E-state index in [-0.39, 0.29) is 5.91 Å². The normalized spacial score (nSPS) is 14.1. The van der Waals surface area contributed by atoms with E-state index >= 15 is 0 Å². The third kappa shape index (κ3) is 4.62. The first kappa shape index (κ1) is 21.5. The van der Waals surface area contributed by atoms with Gasteiger partial charge >= 0.3 is 0 Å². The van der Waals surface area contributed by atoms with Gasteiger partial charge in [-0.15, -0.1) is 10.2 Å². The zero-order chi connectivity index (χ0) is 22.5. The highest BCUT2D eigenvalue weighted by Gasteiger charge is 2.23. The molecule has 1 aromatic heterocycles. The molecule has 1 N–H and O–H groups in total. The maximum Gasteiger partial charge on any atom is 0.251 e. The number of hydrogen-bond acceptors (Lipinski definition) is 5. The topological polar surface area (TPSA) is 81.9 Å². The number of piperidine rings is 1. The van der Waals surface area contributed by atoms with Crippen LogP contribution < -0.4 is 10.2 Å². The molecular weight excluding hydrogens is 398 g/mol. The number of carbonyl (C=O) groups is 1. The molecule has 2 aromatic carbocycles. The van der Waals surface area contributed by atoms with Crippen molar-refractivity contribution in [1.82, 2.24) is 15.5 Å². The molecule has 162 valence electrons. The van der Waals surface area contributed by atoms with Crippen molar-refractivity contribution in [2.75, 3.05) is 24.5 Å². The van der Waals surface area contributed by atoms with Crippen molar-refractivity contribution in [1.29, 1.82) is 5.26 Å². The minimum Gasteiger partial charge on any atom is -0.355 e. The van der Waals surface area contributed by atoms with E-state index in [2.05, 4.69) is 52.5 Å². The molecule has 1 aliphatic rings. The van der Waals surface area contributed by atoms with Crippen molar-refractivity contribution >= 4 is 11.7 Å². The fraction of sp³-hybridized carbons (Fsp3) is 0.308. The summed E-state index contributed by atoms with van der Waals surface area (Å²) in [6.45, 7) is 6.69. The minimum atomic E-state index is -0.0919. The summed E-state index contributed by atoms with van der Waals surface area (Å²) in [5, 5.41) is 21.0. The predicted octanol–water partition coefficient (Wildman–Crippen LogP) is 4.28. The van der Waals surface area contributed by atoms with Crippen molar-refractivity contribution in [3.05, 3.63) is 76.9 Å². The lowest BCUT2D eigenvalue weighted by Gasteiger charge is -2.33. The second-order valence-corrected chi connectivity index (χ2v) is 8.32. The number of nitrogens with one attached hydrogen (secondary N) is 1. The Bertz CT molecular complexity index is 1130. The van der Waals surface area contributed by atoms with E-state index in [0.717, 1.165) is 48.6 Å². The number of amides is 1. The number of carbonyl (C=O) groups excluding carboxylic acids is 1. The summed E-state index contributed by atoms with van der Waals surface area (Å²) in [6.07, 6.45) is 1.99. The lowest BCUT2D eigenvalue weighted by atomic mass is 9.96. The van der Waals surface area contributed by atoms with Crippen molar-refractivity contribution in [2.24, 2.45) is 5.92 Å². The summed E-state index contributed by atoms with van der Waals surface area (Å²) in [5.74, 6) is 1.31. The van der Waals surface area contributed by atoms with Crippen LogP contribution in [0.2, 0.25) is 0 Å². The molecule has 0 spiro atoms. The van der Waals surface area contributed by atoms with Crippen LogP contribution in [0.1, 0.15) is 39.9 Å². The van der Waals surface area contributed by atoms with Crippen molar-refractivity contribution in [3.8, 4) is 17.3 Å². The van der Waals surface area contributed by atoms with E-state index < -0.39 is 0 Å². The molecule has 6 heteroatoms. The standard InChI is InChI=1S/C26H27N5O/c1-18-19(2)25(30-29-24(18)22-6-4-3-5-7-22)31-14-12-21(13-15-31)17-28-26(32)23-10-8-20(16-27)9-11-23/h3-11,21H,12-15,17H2,1-2H3,(H,28,32). The molecular formula is C26H27N5O. The average Bonchev–Trinajstić information content (AvgIpc) is 2.85. The van der Waals surface area contributed by atoms with Crippen LogP contribution in [-0.4, -0.2) is 35.7 Å². The van der Waals surface area contributed by atoms with E-state index in [1.165, 1.54) is 5.56 Å². The van der Waals surface area contributed by atoms with Crippen LogP contribution in [0.3, 0.4) is 0 Å². The Labute approximate surface area is 188 Å². The zero-order valence-electron chi connectivity index (χ0n) is 18.5. The monoisotopic (exact) mass is 425 g/mol. The van der Waals surface area contributed by atoms with Crippen molar-refractivity contribution in [2.45, 2.75) is 26.7 Å². The van der Waals surface area contributed by atoms with Crippen LogP contribution in [0.15, 0.2) is 54.6 Å². The molecule has 3 aromatic rings. The average molecular weight is 426 g/mol. The first-order valence-corrected chi connectivity index (χ1v) is 11.0. The zero-order valence-corrected chi connectivity index (χ0v) is 18.5. The van der Waals surface area contributed by atoms with Gasteiger partial charge in [-0.25, -0.2) is 0 Å². The fourth-order valence-electron chi connectivity index (χ4n) is 4.15. The molecule has 1 aliphatic heterocycles. The highest BCUT2D eigenvalue weighted by atomic mass is 16.1. The largest absolute Gasteiger partial charge is 0.355 e. The summed E-state index contributed by atoms with van der Waals surface area (Å²) in [5.41, 5.74) is 5.50. The second-order valence-electron chi connectivity index (χ2n) is 8.32. The summed E-state index contributed by atoms with van der Waals surface area (Å²) < 4.78 is 0. The molecule has 1 amide bonds. The highest BCUT2D eigenvalue weighted by Crippen LogP contribution is 2.29. The molecule has 1 fully saturated rings. The van der Waals surface area contributed by atoms with Gasteiger partial charge in [-0.1, -0.05) is 30.3 Å². The molecule has 0 unspecified atom stereocenters. The smallest absolute Gasteiger partial charge is 0.251 e. The van der Waals surface area contributed by atoms with Crippen LogP contribution in [0.25, 0.3) is 11.3 Å². The number of aromatic nitrogens is 2. The Morgan fingerprint density at radius 1 is 1.03 bits per heavy atom. The van der Waals surface area contributed by atoms with Gasteiger partial charge in [0.2, 0.25) is 0 Å². The van der Waals surface area contributed by atoms with Crippen LogP contribution in [0.4, 0.5) is 5.82 Å². The number of nitrogens with zero attached hydrogens (tertiary/aromatic N) is 4. The summed E-state index contributed by atoms with van der Waals surface area (Å²) >= 11 is 0. The first-order valence-electron chi connectivity index (χ1n) is 11.0. The van der Waals surface area contributed by atoms with Gasteiger partial charge in [-0.3, -0.25) is 4.79 Å². The van der Waals surface area contributed by atoms with Gasteiger partial charge in [-0.2, -0.15) is 5.26 Å². The summed E-state index contributed by atoms with van der Waals surface area (Å²) in [6, 6.07) is 19.0. The van der Waals surface area contributed by atoms with Gasteiger partial charge in [-0.05, 0) is 68.0 Å². The fourth-order valence-corrected chi connectivity index (χ4v) is 4.15. The molecule has 32 heavy (non-hydrogen) atoms. The van der Waals surface area contributed by atoms with Crippen LogP contribution in [0, 0.1) is 31.1 Å². The van der Waals surface area contributed by atoms with E-state index in [1.54, 1.807) is 24.3 Å². The van der Waals surface area contributed by atoms with Gasteiger partial charge in [0.1, 0.15) is 0 Å². The Kier molecular flexibility index (Phi) is 6.46. The summed E-state index contributed by atoms with van der Waals surface area (Å²) in [4.78, 5) is 14.7. The molecule has 0 atom stereocenters. The van der Waals surface area contributed by atoms with Crippen LogP contribution in [-0.2, 0) is 0 Å². The SMILES string of the molecule is Cc1c(-c2ccccc2)nnc(N2CCC(CNC(=O)c3ccc(C#N)cc3)CC2)c1C. The Hall–Kier alpha value is -3.72. The van der Waals surface area contributed by atoms with Gasteiger partial charge in [0.15, 0.2) is 5.82 Å². The second kappa shape index (κ2) is 9.61. The number of benzene rings is 2. The Balaban J connectivity index is 1.34. The van der Waals surface area contributed by atoms with Crippen molar-refractivity contribution in [3.63, 3.8) is 0 Å². The number of hydrogen-bond donors (Lipinski definition) is 1. The van der Waals surface area contributed by atoms with Gasteiger partial charge in [0.05, 0.1) is 17.3 Å². The Morgan fingerprint density at radius 2 is 1.72 bits per heavy atom. The highest BCUT2D eigenvalue weighted by molar-refractivity contribution is 5.94. The van der Waals surface area contributed by atoms with Crippen molar-refractivity contribution < 1.29 is 4.79 Å². The lowest BCUT2D eigenvalue weighted by molar-refractivity contribution is 0.0945. The van der Waals surface area contributed by atoms with E-state index in [9.17, 15) is 4.79 Å². The molecule has 4 rings (SSSR count). The van der Waals surface area contributed by atoms with Crippen LogP contribution in [0.5, 0.6) is 0 Å². The molecule has 2 heterocycles. The number of anilines is 1. The van der Waals surface area contributed by atoms with E-state index in [4.69, 9.17) is 5.26 Å². The number of nitriles is 1. The quantitative estimate of drug-likeness (QED) is 0.660. The van der Waals surface area contributed by atoms with E-state index in [0.29, 0.717) is 23.6 Å². The third-order valence-electron chi connectivity index (χ3n) is 6.29. The Morgan fingerprint density at radius 3 is 2.38 bits per heavy atom. The van der Waals surface area contributed by atoms with Gasteiger partial charge in [0, 0.05) is 30.8 Å². The minimum absolute atomic E-state index is 0.0919. The van der Waals surface area contributed by atoms with Gasteiger partial charge in [0.25, 0.3) is 5.91 Å². The molecule has 6 nitrogen and oxygen atoms in total. The van der Waals surface area contributed by atoms with Crippen LogP contribution >= 0.6 is 0 Å². The molecule has 1 saturated heterocycles. The lowest BCUT2D eigenvalue weighted by Crippen LogP contribution is -2.39. The first-order chi connectivity index (χ1) is 15.6. The molecule has 0 saturated carbocycles. The maximum absolute atomic E-state index is 12.4. The molecule has 0 aliphatic carbocycles. The van der Waals surface area contributed by atoms with Gasteiger partial charge < -0.3 is 10.2 Å². The third-order valence-corrected chi connectivity index (χ3v) is 6.29. The molecule has 0 bridgehead atoms. The number of rotatable bonds is 5. The predicted molar refractivity (Wildman–Crippen MR) is 125 cm³/mol. The summed E-state index contributed by atoms with van der Waals surface area (Å²) in [7, 11) is 0. The van der Waals surface area contributed by atoms with E-state index in [1.807, 2.05) is 18.2 Å².